The van der Waals surface area contributed by atoms with Crippen LogP contribution in [0.3, 0.4) is 0 Å². The molecule has 166 valence electrons. The van der Waals surface area contributed by atoms with Crippen molar-refractivity contribution < 1.29 is 9.53 Å². The van der Waals surface area contributed by atoms with E-state index in [1.165, 1.54) is 0 Å². The highest BCUT2D eigenvalue weighted by Crippen LogP contribution is 2.30. The van der Waals surface area contributed by atoms with E-state index in [9.17, 15) is 4.79 Å². The van der Waals surface area contributed by atoms with Gasteiger partial charge in [0, 0.05) is 18.6 Å². The van der Waals surface area contributed by atoms with E-state index in [1.807, 2.05) is 30.3 Å². The summed E-state index contributed by atoms with van der Waals surface area (Å²) in [6.07, 6.45) is 3.61. The molecule has 0 atom stereocenters. The molecule has 33 heavy (non-hydrogen) atoms. The molecule has 2 N–H and O–H groups in total. The Balaban J connectivity index is 1.26. The van der Waals surface area contributed by atoms with Gasteiger partial charge in [0.1, 0.15) is 12.1 Å². The number of hydrogen-bond donors (Lipinski definition) is 2. The van der Waals surface area contributed by atoms with Crippen LogP contribution in [0.15, 0.2) is 36.5 Å². The van der Waals surface area contributed by atoms with E-state index in [2.05, 4.69) is 40.9 Å². The van der Waals surface area contributed by atoms with Gasteiger partial charge in [0.05, 0.1) is 24.0 Å². The van der Waals surface area contributed by atoms with Gasteiger partial charge in [0.2, 0.25) is 5.91 Å². The summed E-state index contributed by atoms with van der Waals surface area (Å²) in [7, 11) is 1.61. The second-order valence-electron chi connectivity index (χ2n) is 8.01. The summed E-state index contributed by atoms with van der Waals surface area (Å²) in [6.45, 7) is 0.782. The number of benzene rings is 1. The van der Waals surface area contributed by atoms with Gasteiger partial charge < -0.3 is 10.1 Å². The molecule has 6 rings (SSSR count). The minimum Gasteiger partial charge on any atom is -0.377 e. The summed E-state index contributed by atoms with van der Waals surface area (Å²) in [5.41, 5.74) is 3.89. The molecule has 0 radical (unpaired) electrons. The zero-order chi connectivity index (χ0) is 22.4. The predicted octanol–water partition coefficient (Wildman–Crippen LogP) is 1.80. The molecule has 0 unspecified atom stereocenters. The molecule has 1 aliphatic carbocycles. The van der Waals surface area contributed by atoms with Crippen LogP contribution in [0, 0.1) is 5.92 Å². The number of H-pyrrole nitrogens is 1. The standard InChI is InChI=1S/C21H20N10O2/c1-33-11-18-23-20(27-26-18)13-4-6-15-16(8-13)30(29-25-15)9-14-5-7-19-22-17(10-31(19)28-14)24-21(32)12-2-3-12/h4-8,10,12H,2-3,9,11H2,1H3,(H,24,32)(H,23,26,27). The number of ether oxygens (including phenoxy) is 1. The third-order valence-corrected chi connectivity index (χ3v) is 5.47. The molecule has 12 heteroatoms. The number of imidazole rings is 1. The fourth-order valence-electron chi connectivity index (χ4n) is 3.64. The van der Waals surface area contributed by atoms with Crippen molar-refractivity contribution in [3.05, 3.63) is 48.0 Å². The quantitative estimate of drug-likeness (QED) is 0.387. The smallest absolute Gasteiger partial charge is 0.228 e. The van der Waals surface area contributed by atoms with Crippen molar-refractivity contribution in [2.45, 2.75) is 26.0 Å². The lowest BCUT2D eigenvalue weighted by Crippen LogP contribution is -2.13. The molecule has 0 bridgehead atoms. The Morgan fingerprint density at radius 2 is 2.15 bits per heavy atom. The molecule has 12 nitrogen and oxygen atoms in total. The first-order chi connectivity index (χ1) is 16.2. The summed E-state index contributed by atoms with van der Waals surface area (Å²) < 4.78 is 8.53. The topological polar surface area (TPSA) is 141 Å². The van der Waals surface area contributed by atoms with Gasteiger partial charge in [-0.1, -0.05) is 5.21 Å². The van der Waals surface area contributed by atoms with Crippen molar-refractivity contribution in [3.8, 4) is 11.4 Å². The zero-order valence-electron chi connectivity index (χ0n) is 17.8. The number of rotatable bonds is 7. The van der Waals surface area contributed by atoms with E-state index < -0.39 is 0 Å². The number of carbonyl (C=O) groups excluding carboxylic acids is 1. The van der Waals surface area contributed by atoms with Gasteiger partial charge in [-0.15, -0.1) is 5.10 Å². The lowest BCUT2D eigenvalue weighted by atomic mass is 10.2. The maximum atomic E-state index is 12.0. The van der Waals surface area contributed by atoms with Crippen molar-refractivity contribution in [3.63, 3.8) is 0 Å². The normalized spacial score (nSPS) is 13.7. The molecular weight excluding hydrogens is 424 g/mol. The highest BCUT2D eigenvalue weighted by molar-refractivity contribution is 5.93. The molecular formula is C21H20N10O2. The Morgan fingerprint density at radius 3 is 3.00 bits per heavy atom. The number of nitrogens with zero attached hydrogens (tertiary/aromatic N) is 8. The minimum atomic E-state index is 0.0178. The Hall–Kier alpha value is -4.19. The summed E-state index contributed by atoms with van der Waals surface area (Å²) in [4.78, 5) is 20.9. The molecule has 1 fully saturated rings. The molecule has 1 saturated carbocycles. The van der Waals surface area contributed by atoms with E-state index in [-0.39, 0.29) is 11.8 Å². The van der Waals surface area contributed by atoms with Gasteiger partial charge in [0.25, 0.3) is 0 Å². The van der Waals surface area contributed by atoms with Gasteiger partial charge >= 0.3 is 0 Å². The van der Waals surface area contributed by atoms with Gasteiger partial charge in [0.15, 0.2) is 23.1 Å². The van der Waals surface area contributed by atoms with Crippen molar-refractivity contribution in [2.75, 3.05) is 12.4 Å². The number of hydrogen-bond acceptors (Lipinski definition) is 8. The first kappa shape index (κ1) is 19.5. The molecule has 0 spiro atoms. The van der Waals surface area contributed by atoms with Crippen LogP contribution in [0.25, 0.3) is 28.1 Å². The molecule has 5 aromatic rings. The third-order valence-electron chi connectivity index (χ3n) is 5.47. The van der Waals surface area contributed by atoms with Crippen LogP contribution in [0.5, 0.6) is 0 Å². The SMILES string of the molecule is COCc1nc(-c2ccc3nnn(Cc4ccc5nc(NC(=O)C6CC6)cn5n4)c3c2)n[nH]1. The largest absolute Gasteiger partial charge is 0.377 e. The third kappa shape index (κ3) is 3.80. The van der Waals surface area contributed by atoms with Crippen molar-refractivity contribution >= 4 is 28.4 Å². The van der Waals surface area contributed by atoms with Crippen molar-refractivity contribution in [1.82, 2.24) is 44.8 Å². The monoisotopic (exact) mass is 444 g/mol. The Bertz CT molecular complexity index is 1480. The van der Waals surface area contributed by atoms with Gasteiger partial charge in [-0.3, -0.25) is 9.89 Å². The van der Waals surface area contributed by atoms with Gasteiger partial charge in [-0.2, -0.15) is 10.2 Å². The van der Waals surface area contributed by atoms with Gasteiger partial charge in [-0.05, 0) is 43.2 Å². The van der Waals surface area contributed by atoms with Crippen LogP contribution >= 0.6 is 0 Å². The van der Waals surface area contributed by atoms with E-state index in [4.69, 9.17) is 4.74 Å². The number of carbonyl (C=O) groups is 1. The van der Waals surface area contributed by atoms with Crippen LogP contribution in [-0.2, 0) is 22.7 Å². The Morgan fingerprint density at radius 1 is 1.24 bits per heavy atom. The van der Waals surface area contributed by atoms with Crippen LogP contribution < -0.4 is 5.32 Å². The number of fused-ring (bicyclic) bond motifs is 2. The number of aromatic amines is 1. The molecule has 1 aromatic carbocycles. The van der Waals surface area contributed by atoms with Crippen LogP contribution in [0.2, 0.25) is 0 Å². The Kier molecular flexibility index (Phi) is 4.57. The molecule has 0 aliphatic heterocycles. The average molecular weight is 444 g/mol. The maximum absolute atomic E-state index is 12.0. The highest BCUT2D eigenvalue weighted by Gasteiger charge is 2.30. The van der Waals surface area contributed by atoms with E-state index in [0.29, 0.717) is 36.3 Å². The van der Waals surface area contributed by atoms with Crippen molar-refractivity contribution in [1.29, 1.82) is 0 Å². The second-order valence-corrected chi connectivity index (χ2v) is 8.01. The molecule has 0 saturated heterocycles. The number of nitrogens with one attached hydrogen (secondary N) is 2. The van der Waals surface area contributed by atoms with E-state index >= 15 is 0 Å². The molecule has 4 heterocycles. The first-order valence-electron chi connectivity index (χ1n) is 10.6. The Labute approximate surface area is 187 Å². The summed E-state index contributed by atoms with van der Waals surface area (Å²) in [5.74, 6) is 1.88. The number of amides is 1. The fourth-order valence-corrected chi connectivity index (χ4v) is 3.64. The first-order valence-corrected chi connectivity index (χ1v) is 10.6. The number of methoxy groups -OCH3 is 1. The second kappa shape index (κ2) is 7.74. The molecule has 1 aliphatic rings. The van der Waals surface area contributed by atoms with Crippen LogP contribution in [-0.4, -0.2) is 57.8 Å². The minimum absolute atomic E-state index is 0.0178. The lowest BCUT2D eigenvalue weighted by molar-refractivity contribution is -0.117. The van der Waals surface area contributed by atoms with Gasteiger partial charge in [-0.25, -0.2) is 19.2 Å². The number of anilines is 1. The average Bonchev–Trinajstić information content (AvgIpc) is 3.25. The van der Waals surface area contributed by atoms with E-state index in [0.717, 1.165) is 35.1 Å². The molecule has 1 amide bonds. The zero-order valence-corrected chi connectivity index (χ0v) is 17.8. The summed E-state index contributed by atoms with van der Waals surface area (Å²) in [6, 6.07) is 9.51. The van der Waals surface area contributed by atoms with Crippen LogP contribution in [0.1, 0.15) is 24.4 Å². The summed E-state index contributed by atoms with van der Waals surface area (Å²) in [5, 5.41) is 23.2. The lowest BCUT2D eigenvalue weighted by Gasteiger charge is -2.03. The fraction of sp³-hybridized carbons (Fsp3) is 0.286. The number of aromatic nitrogens is 9. The highest BCUT2D eigenvalue weighted by atomic mass is 16.5. The summed E-state index contributed by atoms with van der Waals surface area (Å²) >= 11 is 0. The van der Waals surface area contributed by atoms with Crippen molar-refractivity contribution in [2.24, 2.45) is 5.92 Å². The van der Waals surface area contributed by atoms with E-state index in [1.54, 1.807) is 22.5 Å². The molecule has 4 aromatic heterocycles. The predicted molar refractivity (Wildman–Crippen MR) is 117 cm³/mol. The van der Waals surface area contributed by atoms with Crippen LogP contribution in [0.4, 0.5) is 5.82 Å². The maximum Gasteiger partial charge on any atom is 0.228 e.